The lowest BCUT2D eigenvalue weighted by Gasteiger charge is -1.90. The zero-order valence-electron chi connectivity index (χ0n) is 4.81. The van der Waals surface area contributed by atoms with Crippen LogP contribution in [0.2, 0.25) is 0 Å². The van der Waals surface area contributed by atoms with Crippen molar-refractivity contribution >= 4 is 0 Å². The van der Waals surface area contributed by atoms with Crippen LogP contribution in [0.15, 0.2) is 0 Å². The molecule has 1 radical (unpaired) electrons. The predicted octanol–water partition coefficient (Wildman–Crippen LogP) is 1.41. The smallest absolute Gasteiger partial charge is 0.0739 e. The quantitative estimate of drug-likeness (QED) is 0.535. The van der Waals surface area contributed by atoms with Crippen LogP contribution < -0.4 is 0 Å². The molecule has 0 aliphatic carbocycles. The van der Waals surface area contributed by atoms with Crippen LogP contribution in [-0.4, -0.2) is 0 Å². The van der Waals surface area contributed by atoms with Gasteiger partial charge < -0.3 is 0 Å². The highest BCUT2D eigenvalue weighted by atomic mass is 14.3. The van der Waals surface area contributed by atoms with Gasteiger partial charge in [0, 0.05) is 6.42 Å². The van der Waals surface area contributed by atoms with Gasteiger partial charge in [0.15, 0.2) is 0 Å². The van der Waals surface area contributed by atoms with Crippen LogP contribution in [0.3, 0.4) is 0 Å². The van der Waals surface area contributed by atoms with E-state index in [-0.39, 0.29) is 0 Å². The third-order valence-electron chi connectivity index (χ3n) is 0.803. The summed E-state index contributed by atoms with van der Waals surface area (Å²) in [7, 11) is 0. The van der Waals surface area contributed by atoms with Crippen LogP contribution in [-0.2, 0) is 0 Å². The third kappa shape index (κ3) is 3.18. The van der Waals surface area contributed by atoms with E-state index in [9.17, 15) is 0 Å². The van der Waals surface area contributed by atoms with E-state index in [0.29, 0.717) is 12.8 Å². The van der Waals surface area contributed by atoms with Gasteiger partial charge in [-0.3, -0.25) is 0 Å². The lowest BCUT2D eigenvalue weighted by Crippen LogP contribution is -1.83. The fraction of sp³-hybridized carbons (Fsp3) is 0.500. The van der Waals surface area contributed by atoms with Crippen LogP contribution in [0.4, 0.5) is 0 Å². The fourth-order valence-electron chi connectivity index (χ4n) is 0.299. The van der Waals surface area contributed by atoms with Crippen molar-refractivity contribution in [1.82, 2.24) is 0 Å². The molecule has 0 bridgehead atoms. The van der Waals surface area contributed by atoms with Gasteiger partial charge in [0.2, 0.25) is 0 Å². The molecule has 0 rings (SSSR count). The van der Waals surface area contributed by atoms with Crippen molar-refractivity contribution in [3.63, 3.8) is 0 Å². The standard InChI is InChI=1S/C6H7N2/c1-6(5-8)3-2-4-7/h2-3H2,1H3. The van der Waals surface area contributed by atoms with Crippen LogP contribution in [0.5, 0.6) is 0 Å². The Balaban J connectivity index is 3.18. The van der Waals surface area contributed by atoms with E-state index in [1.54, 1.807) is 6.92 Å². The first-order valence-corrected chi connectivity index (χ1v) is 2.40. The predicted molar refractivity (Wildman–Crippen MR) is 29.4 cm³/mol. The second-order valence-electron chi connectivity index (χ2n) is 1.55. The molecule has 0 amide bonds. The average molecular weight is 107 g/mol. The third-order valence-corrected chi connectivity index (χ3v) is 0.803. The van der Waals surface area contributed by atoms with Crippen LogP contribution >= 0.6 is 0 Å². The van der Waals surface area contributed by atoms with Crippen molar-refractivity contribution in [2.45, 2.75) is 19.8 Å². The van der Waals surface area contributed by atoms with E-state index in [4.69, 9.17) is 10.5 Å². The second kappa shape index (κ2) is 4.15. The largest absolute Gasteiger partial charge is 0.198 e. The molecule has 0 saturated carbocycles. The minimum atomic E-state index is 0.458. The number of rotatable bonds is 2. The van der Waals surface area contributed by atoms with Crippen LogP contribution in [0, 0.1) is 28.6 Å². The van der Waals surface area contributed by atoms with Crippen molar-refractivity contribution in [3.8, 4) is 12.1 Å². The van der Waals surface area contributed by atoms with E-state index in [2.05, 4.69) is 0 Å². The molecule has 41 valence electrons. The molecule has 0 atom stereocenters. The lowest BCUT2D eigenvalue weighted by molar-refractivity contribution is 0.912. The maximum Gasteiger partial charge on any atom is 0.0739 e. The molecule has 0 unspecified atom stereocenters. The molecular weight excluding hydrogens is 100 g/mol. The van der Waals surface area contributed by atoms with Gasteiger partial charge in [-0.25, -0.2) is 0 Å². The van der Waals surface area contributed by atoms with Gasteiger partial charge in [0.1, 0.15) is 0 Å². The van der Waals surface area contributed by atoms with Crippen molar-refractivity contribution in [2.24, 2.45) is 0 Å². The minimum Gasteiger partial charge on any atom is -0.198 e. The summed E-state index contributed by atoms with van der Waals surface area (Å²) in [4.78, 5) is 0. The van der Waals surface area contributed by atoms with Crippen LogP contribution in [0.25, 0.3) is 0 Å². The summed E-state index contributed by atoms with van der Waals surface area (Å²) in [5, 5.41) is 16.2. The molecule has 0 fully saturated rings. The van der Waals surface area contributed by atoms with Crippen molar-refractivity contribution in [2.75, 3.05) is 0 Å². The molecule has 0 aromatic heterocycles. The molecule has 0 aliphatic rings. The molecule has 0 N–H and O–H groups in total. The van der Waals surface area contributed by atoms with Gasteiger partial charge >= 0.3 is 0 Å². The van der Waals surface area contributed by atoms with Crippen molar-refractivity contribution < 1.29 is 0 Å². The monoisotopic (exact) mass is 107 g/mol. The van der Waals surface area contributed by atoms with Crippen LogP contribution in [0.1, 0.15) is 19.8 Å². The van der Waals surface area contributed by atoms with Gasteiger partial charge in [0.05, 0.1) is 18.1 Å². The topological polar surface area (TPSA) is 47.6 Å². The molecule has 2 heteroatoms. The highest BCUT2D eigenvalue weighted by Gasteiger charge is 1.96. The second-order valence-corrected chi connectivity index (χ2v) is 1.55. The molecule has 0 heterocycles. The molecule has 2 nitrogen and oxygen atoms in total. The van der Waals surface area contributed by atoms with E-state index >= 15 is 0 Å². The highest BCUT2D eigenvalue weighted by molar-refractivity contribution is 5.07. The number of nitriles is 2. The van der Waals surface area contributed by atoms with E-state index < -0.39 is 0 Å². The number of nitrogens with zero attached hydrogens (tertiary/aromatic N) is 2. The molecule has 8 heavy (non-hydrogen) atoms. The summed E-state index contributed by atoms with van der Waals surface area (Å²) in [5.74, 6) is 0.728. The first-order chi connectivity index (χ1) is 3.81. The first-order valence-electron chi connectivity index (χ1n) is 2.40. The molecule has 0 saturated heterocycles. The molecule has 0 aromatic carbocycles. The van der Waals surface area contributed by atoms with Crippen molar-refractivity contribution in [3.05, 3.63) is 5.92 Å². The molecular formula is C6H7N2. The maximum atomic E-state index is 8.16. The normalized spacial score (nSPS) is 8.00. The Hall–Kier alpha value is -1.02. The Morgan fingerprint density at radius 2 is 2.12 bits per heavy atom. The first kappa shape index (κ1) is 6.98. The molecule has 0 aromatic rings. The lowest BCUT2D eigenvalue weighted by atomic mass is 10.1. The zero-order chi connectivity index (χ0) is 6.41. The van der Waals surface area contributed by atoms with Crippen molar-refractivity contribution in [1.29, 1.82) is 10.5 Å². The van der Waals surface area contributed by atoms with Gasteiger partial charge in [0.25, 0.3) is 0 Å². The van der Waals surface area contributed by atoms with Gasteiger partial charge in [-0.15, -0.1) is 0 Å². The van der Waals surface area contributed by atoms with E-state index in [1.165, 1.54) is 0 Å². The summed E-state index contributed by atoms with van der Waals surface area (Å²) < 4.78 is 0. The summed E-state index contributed by atoms with van der Waals surface area (Å²) in [6, 6.07) is 3.93. The maximum absolute atomic E-state index is 8.16. The van der Waals surface area contributed by atoms with Gasteiger partial charge in [-0.05, 0) is 13.3 Å². The Kier molecular flexibility index (Phi) is 3.62. The summed E-state index contributed by atoms with van der Waals surface area (Å²) in [6.07, 6.45) is 1.08. The average Bonchev–Trinajstić information content (AvgIpc) is 1.83. The molecule has 0 spiro atoms. The van der Waals surface area contributed by atoms with E-state index in [1.807, 2.05) is 12.1 Å². The summed E-state index contributed by atoms with van der Waals surface area (Å²) in [5.41, 5.74) is 0. The Labute approximate surface area is 49.3 Å². The van der Waals surface area contributed by atoms with E-state index in [0.717, 1.165) is 5.92 Å². The summed E-state index contributed by atoms with van der Waals surface area (Å²) >= 11 is 0. The number of hydrogen-bond donors (Lipinski definition) is 0. The fourth-order valence-corrected chi connectivity index (χ4v) is 0.299. The zero-order valence-corrected chi connectivity index (χ0v) is 4.81. The summed E-state index contributed by atoms with van der Waals surface area (Å²) in [6.45, 7) is 1.73. The van der Waals surface area contributed by atoms with Gasteiger partial charge in [-0.2, -0.15) is 10.5 Å². The van der Waals surface area contributed by atoms with Gasteiger partial charge in [-0.1, -0.05) is 0 Å². The minimum absolute atomic E-state index is 0.458. The highest BCUT2D eigenvalue weighted by Crippen LogP contribution is 2.03. The SMILES string of the molecule is C[C](C#N)CCC#N. The Morgan fingerprint density at radius 1 is 1.50 bits per heavy atom. The number of hydrogen-bond acceptors (Lipinski definition) is 2. The molecule has 0 aliphatic heterocycles. The Bertz CT molecular complexity index is 126. The Morgan fingerprint density at radius 3 is 2.50 bits per heavy atom.